The zero-order valence-electron chi connectivity index (χ0n) is 15.3. The van der Waals surface area contributed by atoms with Gasteiger partial charge in [-0.05, 0) is 30.4 Å². The third kappa shape index (κ3) is 3.65. The van der Waals surface area contributed by atoms with Crippen LogP contribution >= 0.6 is 12.4 Å². The molecular formula is C22H28ClNO2. The molecule has 2 aromatic carbocycles. The lowest BCUT2D eigenvalue weighted by Gasteiger charge is -2.52. The van der Waals surface area contributed by atoms with Crippen LogP contribution in [0.1, 0.15) is 49.7 Å². The standard InChI is InChI=1S/C22H27NO2.ClH/c1-2-10-21(25)23-16-9-15-20(18-11-5-3-6-12-18)22(23,17-24)19-13-7-4-8-14-19;/h3-8,11-14,20,24H,2,9-10,15-17H2,1H3;1H. The molecule has 2 aromatic rings. The van der Waals surface area contributed by atoms with Gasteiger partial charge in [0.15, 0.2) is 0 Å². The highest BCUT2D eigenvalue weighted by Gasteiger charge is 2.49. The predicted octanol–water partition coefficient (Wildman–Crippen LogP) is 4.50. The molecule has 2 atom stereocenters. The van der Waals surface area contributed by atoms with E-state index in [0.717, 1.165) is 24.8 Å². The fourth-order valence-electron chi connectivity index (χ4n) is 4.27. The average Bonchev–Trinajstić information content (AvgIpc) is 2.68. The molecule has 0 saturated carbocycles. The molecule has 140 valence electrons. The number of likely N-dealkylation sites (tertiary alicyclic amines) is 1. The van der Waals surface area contributed by atoms with Gasteiger partial charge >= 0.3 is 0 Å². The highest BCUT2D eigenvalue weighted by Crippen LogP contribution is 2.47. The topological polar surface area (TPSA) is 40.5 Å². The molecule has 1 saturated heterocycles. The van der Waals surface area contributed by atoms with Crippen molar-refractivity contribution < 1.29 is 9.90 Å². The van der Waals surface area contributed by atoms with Crippen molar-refractivity contribution in [1.29, 1.82) is 0 Å². The summed E-state index contributed by atoms with van der Waals surface area (Å²) in [5.41, 5.74) is 1.53. The number of aliphatic hydroxyl groups is 1. The summed E-state index contributed by atoms with van der Waals surface area (Å²) in [4.78, 5) is 14.9. The Bertz CT molecular complexity index is 692. The molecule has 1 fully saturated rings. The molecule has 4 heteroatoms. The average molecular weight is 374 g/mol. The summed E-state index contributed by atoms with van der Waals surface area (Å²) in [7, 11) is 0. The Morgan fingerprint density at radius 3 is 2.31 bits per heavy atom. The fraction of sp³-hybridized carbons (Fsp3) is 0.409. The van der Waals surface area contributed by atoms with E-state index in [1.807, 2.05) is 60.4 Å². The number of hydrogen-bond donors (Lipinski definition) is 1. The number of aliphatic hydroxyl groups excluding tert-OH is 1. The van der Waals surface area contributed by atoms with E-state index < -0.39 is 5.54 Å². The number of carbonyl (C=O) groups is 1. The van der Waals surface area contributed by atoms with Gasteiger partial charge in [-0.3, -0.25) is 4.79 Å². The molecule has 1 aliphatic rings. The molecule has 0 aliphatic carbocycles. The van der Waals surface area contributed by atoms with Gasteiger partial charge in [-0.2, -0.15) is 0 Å². The minimum Gasteiger partial charge on any atom is -0.394 e. The number of rotatable bonds is 5. The Kier molecular flexibility index (Phi) is 7.24. The molecule has 1 heterocycles. The van der Waals surface area contributed by atoms with Gasteiger partial charge < -0.3 is 10.0 Å². The monoisotopic (exact) mass is 373 g/mol. The number of piperidine rings is 1. The largest absolute Gasteiger partial charge is 0.394 e. The molecule has 0 bridgehead atoms. The highest BCUT2D eigenvalue weighted by molar-refractivity contribution is 5.85. The molecular weight excluding hydrogens is 346 g/mol. The summed E-state index contributed by atoms with van der Waals surface area (Å²) in [6.07, 6.45) is 3.27. The first-order valence-electron chi connectivity index (χ1n) is 9.25. The first-order valence-corrected chi connectivity index (χ1v) is 9.25. The number of nitrogens with zero attached hydrogens (tertiary/aromatic N) is 1. The number of carbonyl (C=O) groups excluding carboxylic acids is 1. The summed E-state index contributed by atoms with van der Waals surface area (Å²) in [6, 6.07) is 20.4. The molecule has 3 rings (SSSR count). The Balaban J connectivity index is 0.00000243. The maximum atomic E-state index is 12.9. The smallest absolute Gasteiger partial charge is 0.223 e. The van der Waals surface area contributed by atoms with Crippen LogP contribution in [0, 0.1) is 0 Å². The van der Waals surface area contributed by atoms with Gasteiger partial charge in [-0.25, -0.2) is 0 Å². The van der Waals surface area contributed by atoms with Crippen molar-refractivity contribution in [3.05, 3.63) is 71.8 Å². The van der Waals surface area contributed by atoms with Gasteiger partial charge in [0.2, 0.25) is 5.91 Å². The lowest BCUT2D eigenvalue weighted by molar-refractivity contribution is -0.145. The number of benzene rings is 2. The molecule has 1 N–H and O–H groups in total. The Morgan fingerprint density at radius 2 is 1.73 bits per heavy atom. The van der Waals surface area contributed by atoms with Crippen LogP contribution in [0.3, 0.4) is 0 Å². The second kappa shape index (κ2) is 9.20. The van der Waals surface area contributed by atoms with Gasteiger partial charge in [-0.1, -0.05) is 67.6 Å². The minimum absolute atomic E-state index is 0. The number of hydrogen-bond acceptors (Lipinski definition) is 2. The van der Waals surface area contributed by atoms with Crippen molar-refractivity contribution in [3.63, 3.8) is 0 Å². The molecule has 0 aromatic heterocycles. The van der Waals surface area contributed by atoms with Crippen LogP contribution in [0.25, 0.3) is 0 Å². The van der Waals surface area contributed by atoms with Gasteiger partial charge in [0.25, 0.3) is 0 Å². The van der Waals surface area contributed by atoms with E-state index in [0.29, 0.717) is 13.0 Å². The zero-order valence-corrected chi connectivity index (χ0v) is 16.1. The lowest BCUT2D eigenvalue weighted by Crippen LogP contribution is -2.58. The molecule has 3 nitrogen and oxygen atoms in total. The second-order valence-corrected chi connectivity index (χ2v) is 6.85. The summed E-state index contributed by atoms with van der Waals surface area (Å²) in [5, 5.41) is 10.6. The first kappa shape index (κ1) is 20.5. The summed E-state index contributed by atoms with van der Waals surface area (Å²) >= 11 is 0. The van der Waals surface area contributed by atoms with Gasteiger partial charge in [-0.15, -0.1) is 12.4 Å². The Hall–Kier alpha value is -1.84. The molecule has 2 unspecified atom stereocenters. The highest BCUT2D eigenvalue weighted by atomic mass is 35.5. The Morgan fingerprint density at radius 1 is 1.12 bits per heavy atom. The summed E-state index contributed by atoms with van der Waals surface area (Å²) in [5.74, 6) is 0.233. The quantitative estimate of drug-likeness (QED) is 0.838. The van der Waals surface area contributed by atoms with Gasteiger partial charge in [0, 0.05) is 18.9 Å². The fourth-order valence-corrected chi connectivity index (χ4v) is 4.27. The SMILES string of the molecule is CCCC(=O)N1CCCC(c2ccccc2)C1(CO)c1ccccc1.Cl. The molecule has 26 heavy (non-hydrogen) atoms. The predicted molar refractivity (Wildman–Crippen MR) is 107 cm³/mol. The van der Waals surface area contributed by atoms with E-state index in [1.165, 1.54) is 5.56 Å². The van der Waals surface area contributed by atoms with E-state index in [4.69, 9.17) is 0 Å². The molecule has 1 aliphatic heterocycles. The third-order valence-electron chi connectivity index (χ3n) is 5.41. The van der Waals surface area contributed by atoms with E-state index in [1.54, 1.807) is 0 Å². The molecule has 0 spiro atoms. The first-order chi connectivity index (χ1) is 12.2. The van der Waals surface area contributed by atoms with Gasteiger partial charge in [0.05, 0.1) is 12.1 Å². The maximum Gasteiger partial charge on any atom is 0.223 e. The molecule has 0 radical (unpaired) electrons. The van der Waals surface area contributed by atoms with Crippen LogP contribution in [0.5, 0.6) is 0 Å². The maximum absolute atomic E-state index is 12.9. The van der Waals surface area contributed by atoms with Crippen molar-refractivity contribution in [2.24, 2.45) is 0 Å². The van der Waals surface area contributed by atoms with E-state index >= 15 is 0 Å². The van der Waals surface area contributed by atoms with Crippen LogP contribution in [-0.2, 0) is 10.3 Å². The second-order valence-electron chi connectivity index (χ2n) is 6.85. The van der Waals surface area contributed by atoms with Crippen LogP contribution in [-0.4, -0.2) is 29.1 Å². The summed E-state index contributed by atoms with van der Waals surface area (Å²) in [6.45, 7) is 2.67. The van der Waals surface area contributed by atoms with Crippen molar-refractivity contribution in [2.75, 3.05) is 13.2 Å². The van der Waals surface area contributed by atoms with Crippen LogP contribution in [0.2, 0.25) is 0 Å². The van der Waals surface area contributed by atoms with Crippen molar-refractivity contribution >= 4 is 18.3 Å². The minimum atomic E-state index is -0.687. The van der Waals surface area contributed by atoms with Crippen molar-refractivity contribution in [1.82, 2.24) is 4.90 Å². The van der Waals surface area contributed by atoms with E-state index in [-0.39, 0.29) is 30.8 Å². The normalized spacial score (nSPS) is 22.5. The Labute approximate surface area is 162 Å². The van der Waals surface area contributed by atoms with E-state index in [2.05, 4.69) is 12.1 Å². The third-order valence-corrected chi connectivity index (χ3v) is 5.41. The van der Waals surface area contributed by atoms with Crippen LogP contribution < -0.4 is 0 Å². The summed E-state index contributed by atoms with van der Waals surface area (Å²) < 4.78 is 0. The van der Waals surface area contributed by atoms with Gasteiger partial charge in [0.1, 0.15) is 0 Å². The number of amides is 1. The van der Waals surface area contributed by atoms with Crippen molar-refractivity contribution in [2.45, 2.75) is 44.1 Å². The number of halogens is 1. The van der Waals surface area contributed by atoms with E-state index in [9.17, 15) is 9.90 Å². The lowest BCUT2D eigenvalue weighted by atomic mass is 9.69. The van der Waals surface area contributed by atoms with Crippen LogP contribution in [0.4, 0.5) is 0 Å². The molecule has 1 amide bonds. The van der Waals surface area contributed by atoms with Crippen molar-refractivity contribution in [3.8, 4) is 0 Å². The van der Waals surface area contributed by atoms with Crippen LogP contribution in [0.15, 0.2) is 60.7 Å². The zero-order chi connectivity index (χ0) is 17.7.